The number of hydrogen-bond acceptors (Lipinski definition) is 0. The number of allylic oxidation sites excluding steroid dienone is 4. The molecule has 0 radical (unpaired) electrons. The zero-order valence-electron chi connectivity index (χ0n) is 28.3. The lowest BCUT2D eigenvalue weighted by Gasteiger charge is -2.24. The molecule has 1 aliphatic carbocycles. The van der Waals surface area contributed by atoms with Crippen molar-refractivity contribution < 1.29 is 0 Å². The van der Waals surface area contributed by atoms with E-state index in [2.05, 4.69) is 166 Å². The zero-order valence-corrected chi connectivity index (χ0v) is 28.3. The fourth-order valence-electron chi connectivity index (χ4n) is 8.08. The minimum atomic E-state index is 0.603. The zero-order chi connectivity index (χ0) is 32.6. The second kappa shape index (κ2) is 12.8. The third-order valence-corrected chi connectivity index (χ3v) is 10.5. The van der Waals surface area contributed by atoms with E-state index < -0.39 is 0 Å². The highest BCUT2D eigenvalue weighted by molar-refractivity contribution is 6.21. The van der Waals surface area contributed by atoms with Crippen molar-refractivity contribution in [3.8, 4) is 33.4 Å². The van der Waals surface area contributed by atoms with Gasteiger partial charge in [-0.25, -0.2) is 0 Å². The first kappa shape index (κ1) is 30.2. The number of rotatable bonds is 7. The molecule has 0 N–H and O–H groups in total. The van der Waals surface area contributed by atoms with Crippen LogP contribution in [0, 0.1) is 12.8 Å². The lowest BCUT2D eigenvalue weighted by molar-refractivity contribution is 0.580. The average Bonchev–Trinajstić information content (AvgIpc) is 3.14. The van der Waals surface area contributed by atoms with Crippen LogP contribution in [0.15, 0.2) is 151 Å². The van der Waals surface area contributed by atoms with E-state index in [0.29, 0.717) is 5.92 Å². The van der Waals surface area contributed by atoms with Crippen LogP contribution >= 0.6 is 0 Å². The van der Waals surface area contributed by atoms with Gasteiger partial charge in [0.25, 0.3) is 0 Å². The third-order valence-electron chi connectivity index (χ3n) is 10.5. The van der Waals surface area contributed by atoms with Gasteiger partial charge >= 0.3 is 0 Å². The lowest BCUT2D eigenvalue weighted by atomic mass is 9.81. The Morgan fingerprint density at radius 1 is 0.562 bits per heavy atom. The summed E-state index contributed by atoms with van der Waals surface area (Å²) in [5.41, 5.74) is 13.4. The molecule has 234 valence electrons. The van der Waals surface area contributed by atoms with E-state index in [-0.39, 0.29) is 0 Å². The van der Waals surface area contributed by atoms with Crippen LogP contribution < -0.4 is 0 Å². The molecule has 7 aromatic carbocycles. The monoisotopic (exact) mass is 618 g/mol. The van der Waals surface area contributed by atoms with Gasteiger partial charge < -0.3 is 0 Å². The summed E-state index contributed by atoms with van der Waals surface area (Å²) in [6, 6.07) is 49.7. The first-order valence-corrected chi connectivity index (χ1v) is 17.6. The van der Waals surface area contributed by atoms with Crippen molar-refractivity contribution in [2.45, 2.75) is 46.5 Å². The van der Waals surface area contributed by atoms with Gasteiger partial charge in [-0.05, 0) is 127 Å². The SMILES string of the molecule is CCCC(C)C1=C(c2cc(-c3c4ccccc4c(-c4ccc(-c5ccc6ccccc6c5)cc4)c4ccccc34)ccc2C)C=CCC1. The summed E-state index contributed by atoms with van der Waals surface area (Å²) in [5.74, 6) is 0.603. The van der Waals surface area contributed by atoms with Crippen LogP contribution in [0.3, 0.4) is 0 Å². The number of aryl methyl sites for hydroxylation is 1. The van der Waals surface area contributed by atoms with Gasteiger partial charge in [0.1, 0.15) is 0 Å². The Morgan fingerprint density at radius 3 is 1.79 bits per heavy atom. The predicted octanol–water partition coefficient (Wildman–Crippen LogP) is 14.0. The minimum absolute atomic E-state index is 0.603. The van der Waals surface area contributed by atoms with Crippen molar-refractivity contribution >= 4 is 37.9 Å². The van der Waals surface area contributed by atoms with Crippen LogP contribution in [0.25, 0.3) is 71.3 Å². The standard InChI is InChI=1S/C48H42/c1-4-13-32(2)40-16-7-8-17-41(40)46-31-39(23-22-33(46)3)48-44-20-11-9-18-42(44)47(43-19-10-12-21-45(43)48)36-27-24-35(25-28-36)38-29-26-34-14-5-6-15-37(34)30-38/h5-6,8-12,14-15,17-32H,4,7,13,16H2,1-3H3. The number of benzene rings is 7. The largest absolute Gasteiger partial charge is 0.0836 e. The molecule has 0 amide bonds. The van der Waals surface area contributed by atoms with E-state index in [9.17, 15) is 0 Å². The summed E-state index contributed by atoms with van der Waals surface area (Å²) < 4.78 is 0. The van der Waals surface area contributed by atoms with Crippen LogP contribution in [0.1, 0.15) is 50.7 Å². The van der Waals surface area contributed by atoms with Crippen LogP contribution in [-0.4, -0.2) is 0 Å². The van der Waals surface area contributed by atoms with Gasteiger partial charge in [-0.15, -0.1) is 0 Å². The van der Waals surface area contributed by atoms with Crippen molar-refractivity contribution in [1.82, 2.24) is 0 Å². The van der Waals surface area contributed by atoms with Crippen molar-refractivity contribution in [3.05, 3.63) is 162 Å². The summed E-state index contributed by atoms with van der Waals surface area (Å²) in [7, 11) is 0. The van der Waals surface area contributed by atoms with Crippen molar-refractivity contribution in [1.29, 1.82) is 0 Å². The summed E-state index contributed by atoms with van der Waals surface area (Å²) in [5, 5.41) is 7.73. The van der Waals surface area contributed by atoms with E-state index in [1.807, 2.05) is 0 Å². The molecule has 0 heterocycles. The van der Waals surface area contributed by atoms with Crippen LogP contribution in [-0.2, 0) is 0 Å². The molecule has 8 rings (SSSR count). The van der Waals surface area contributed by atoms with Gasteiger partial charge in [0, 0.05) is 0 Å². The Kier molecular flexibility index (Phi) is 8.03. The summed E-state index contributed by atoms with van der Waals surface area (Å²) in [4.78, 5) is 0. The van der Waals surface area contributed by atoms with Gasteiger partial charge in [-0.2, -0.15) is 0 Å². The smallest absolute Gasteiger partial charge is 0.00262 e. The fourth-order valence-corrected chi connectivity index (χ4v) is 8.08. The molecule has 0 aliphatic heterocycles. The summed E-state index contributed by atoms with van der Waals surface area (Å²) in [6.45, 7) is 7.00. The molecule has 0 saturated carbocycles. The molecule has 0 saturated heterocycles. The molecular weight excluding hydrogens is 577 g/mol. The van der Waals surface area contributed by atoms with Gasteiger partial charge in [0.15, 0.2) is 0 Å². The predicted molar refractivity (Wildman–Crippen MR) is 209 cm³/mol. The Bertz CT molecular complexity index is 2310. The maximum atomic E-state index is 2.48. The Labute approximate surface area is 285 Å². The first-order chi connectivity index (χ1) is 23.6. The van der Waals surface area contributed by atoms with Crippen molar-refractivity contribution in [2.24, 2.45) is 5.92 Å². The van der Waals surface area contributed by atoms with E-state index in [0.717, 1.165) is 12.8 Å². The lowest BCUT2D eigenvalue weighted by Crippen LogP contribution is -2.06. The van der Waals surface area contributed by atoms with Gasteiger partial charge in [-0.3, -0.25) is 0 Å². The van der Waals surface area contributed by atoms with Crippen LogP contribution in [0.2, 0.25) is 0 Å². The molecule has 0 fully saturated rings. The van der Waals surface area contributed by atoms with Crippen LogP contribution in [0.5, 0.6) is 0 Å². The van der Waals surface area contributed by atoms with Gasteiger partial charge in [0.05, 0.1) is 0 Å². The average molecular weight is 619 g/mol. The molecule has 0 nitrogen and oxygen atoms in total. The second-order valence-corrected chi connectivity index (χ2v) is 13.6. The molecule has 7 aromatic rings. The highest BCUT2D eigenvalue weighted by Crippen LogP contribution is 2.45. The molecule has 1 atom stereocenters. The molecule has 1 aliphatic rings. The minimum Gasteiger partial charge on any atom is -0.0836 e. The molecule has 1 unspecified atom stereocenters. The second-order valence-electron chi connectivity index (χ2n) is 13.6. The molecule has 48 heavy (non-hydrogen) atoms. The normalized spacial score (nSPS) is 13.9. The maximum Gasteiger partial charge on any atom is -0.00262 e. The maximum absolute atomic E-state index is 2.48. The summed E-state index contributed by atoms with van der Waals surface area (Å²) in [6.07, 6.45) is 9.54. The first-order valence-electron chi connectivity index (χ1n) is 17.6. The Balaban J connectivity index is 1.29. The quantitative estimate of drug-likeness (QED) is 0.156. The highest BCUT2D eigenvalue weighted by atomic mass is 14.2. The fraction of sp³-hybridized carbons (Fsp3) is 0.167. The highest BCUT2D eigenvalue weighted by Gasteiger charge is 2.20. The Hall–Kier alpha value is -5.20. The van der Waals surface area contributed by atoms with Crippen molar-refractivity contribution in [2.75, 3.05) is 0 Å². The number of fused-ring (bicyclic) bond motifs is 3. The Morgan fingerprint density at radius 2 is 1.12 bits per heavy atom. The third kappa shape index (κ3) is 5.36. The summed E-state index contributed by atoms with van der Waals surface area (Å²) >= 11 is 0. The van der Waals surface area contributed by atoms with Gasteiger partial charge in [0.2, 0.25) is 0 Å². The molecular formula is C48H42. The van der Waals surface area contributed by atoms with Gasteiger partial charge in [-0.1, -0.05) is 159 Å². The van der Waals surface area contributed by atoms with E-state index in [4.69, 9.17) is 0 Å². The van der Waals surface area contributed by atoms with Crippen LogP contribution in [0.4, 0.5) is 0 Å². The van der Waals surface area contributed by atoms with E-state index in [1.54, 1.807) is 5.57 Å². The van der Waals surface area contributed by atoms with Crippen molar-refractivity contribution in [3.63, 3.8) is 0 Å². The molecule has 0 aromatic heterocycles. The molecule has 0 spiro atoms. The van der Waals surface area contributed by atoms with E-state index in [1.165, 1.54) is 95.2 Å². The van der Waals surface area contributed by atoms with E-state index >= 15 is 0 Å². The number of hydrogen-bond donors (Lipinski definition) is 0. The molecule has 0 heteroatoms. The topological polar surface area (TPSA) is 0 Å². The molecule has 0 bridgehead atoms.